The first-order chi connectivity index (χ1) is 16.9. The maximum absolute atomic E-state index is 13.2. The van der Waals surface area contributed by atoms with Crippen LogP contribution in [0.1, 0.15) is 95.6 Å². The molecule has 0 aliphatic heterocycles. The number of methoxy groups -OCH3 is 3. The first-order valence-corrected chi connectivity index (χ1v) is 12.8. The number of hydrogen-bond donors (Lipinski definition) is 1. The second-order valence-electron chi connectivity index (χ2n) is 9.39. The van der Waals surface area contributed by atoms with Crippen LogP contribution in [0, 0.1) is 0 Å². The fourth-order valence-corrected chi connectivity index (χ4v) is 3.94. The van der Waals surface area contributed by atoms with Gasteiger partial charge in [0.25, 0.3) is 5.91 Å². The molecule has 1 N–H and O–H groups in total. The van der Waals surface area contributed by atoms with E-state index in [4.69, 9.17) is 14.2 Å². The molecule has 0 aliphatic rings. The van der Waals surface area contributed by atoms with Crippen molar-refractivity contribution in [1.29, 1.82) is 0 Å². The van der Waals surface area contributed by atoms with Gasteiger partial charge in [-0.3, -0.25) is 4.79 Å². The largest absolute Gasteiger partial charge is 0.496 e. The number of benzene rings is 1. The van der Waals surface area contributed by atoms with E-state index in [9.17, 15) is 4.79 Å². The number of aryl methyl sites for hydroxylation is 1. The Labute approximate surface area is 209 Å². The Bertz CT molecular complexity index is 888. The molecule has 0 unspecified atom stereocenters. The summed E-state index contributed by atoms with van der Waals surface area (Å²) < 4.78 is 16.3. The number of nitrogens with zero attached hydrogens (tertiary/aromatic N) is 4. The highest BCUT2D eigenvalue weighted by molar-refractivity contribution is 5.90. The Hall–Kier alpha value is -2.84. The molecule has 2 rings (SSSR count). The van der Waals surface area contributed by atoms with Crippen molar-refractivity contribution in [2.24, 2.45) is 0 Å². The van der Waals surface area contributed by atoms with Gasteiger partial charge >= 0.3 is 0 Å². The highest BCUT2D eigenvalue weighted by Gasteiger charge is 2.33. The predicted octanol–water partition coefficient (Wildman–Crippen LogP) is 5.69. The summed E-state index contributed by atoms with van der Waals surface area (Å²) in [5.41, 5.74) is -0.510. The van der Waals surface area contributed by atoms with E-state index >= 15 is 0 Å². The molecule has 1 aromatic heterocycles. The number of rotatable bonds is 17. The second kappa shape index (κ2) is 14.5. The molecule has 1 heterocycles. The lowest BCUT2D eigenvalue weighted by atomic mass is 10.0. The maximum Gasteiger partial charge on any atom is 0.290 e. The summed E-state index contributed by atoms with van der Waals surface area (Å²) in [7, 11) is 4.67. The Morgan fingerprint density at radius 2 is 1.43 bits per heavy atom. The van der Waals surface area contributed by atoms with Gasteiger partial charge in [0.2, 0.25) is 0 Å². The summed E-state index contributed by atoms with van der Waals surface area (Å²) in [6.07, 6.45) is 13.4. The van der Waals surface area contributed by atoms with Crippen LogP contribution in [0.4, 0.5) is 5.69 Å². The highest BCUT2D eigenvalue weighted by atomic mass is 16.5. The van der Waals surface area contributed by atoms with Gasteiger partial charge in [-0.15, -0.1) is 10.2 Å². The number of carbonyl (C=O) groups excluding carboxylic acids is 1. The zero-order chi connectivity index (χ0) is 25.7. The Kier molecular flexibility index (Phi) is 11.8. The van der Waals surface area contributed by atoms with Crippen molar-refractivity contribution in [3.8, 4) is 17.2 Å². The van der Waals surface area contributed by atoms with Crippen molar-refractivity contribution in [2.75, 3.05) is 26.6 Å². The topological polar surface area (TPSA) is 100 Å². The molecule has 0 bridgehead atoms. The average molecular weight is 490 g/mol. The number of ether oxygens (including phenoxy) is 3. The molecule has 0 fully saturated rings. The van der Waals surface area contributed by atoms with E-state index in [1.807, 2.05) is 0 Å². The minimum absolute atomic E-state index is 0.334. The number of anilines is 1. The van der Waals surface area contributed by atoms with E-state index in [1.54, 1.807) is 47.3 Å². The van der Waals surface area contributed by atoms with Gasteiger partial charge in [0.1, 0.15) is 28.5 Å². The van der Waals surface area contributed by atoms with Gasteiger partial charge in [0.15, 0.2) is 5.82 Å². The molecule has 35 heavy (non-hydrogen) atoms. The van der Waals surface area contributed by atoms with Crippen molar-refractivity contribution in [3.63, 3.8) is 0 Å². The van der Waals surface area contributed by atoms with Gasteiger partial charge in [-0.25, -0.2) is 0 Å². The van der Waals surface area contributed by atoms with Crippen LogP contribution in [0.2, 0.25) is 0 Å². The van der Waals surface area contributed by atoms with Crippen molar-refractivity contribution >= 4 is 11.6 Å². The zero-order valence-electron chi connectivity index (χ0n) is 22.4. The van der Waals surface area contributed by atoms with Gasteiger partial charge in [-0.2, -0.15) is 0 Å². The van der Waals surface area contributed by atoms with Gasteiger partial charge in [0, 0.05) is 18.6 Å². The van der Waals surface area contributed by atoms with Gasteiger partial charge < -0.3 is 19.5 Å². The Morgan fingerprint density at radius 3 is 1.94 bits per heavy atom. The van der Waals surface area contributed by atoms with Crippen molar-refractivity contribution < 1.29 is 19.0 Å². The standard InChI is InChI=1S/C26H43N5O4/c1-7-8-9-10-11-12-13-14-15-16-17-23-28-30-31(29-23)25(32)26(2,3)27-24-21(34-5)18-20(33-4)19-22(24)35-6/h18-19,27H,7-17H2,1-6H3. The average Bonchev–Trinajstić information content (AvgIpc) is 3.33. The molecule has 0 radical (unpaired) electrons. The van der Waals surface area contributed by atoms with Gasteiger partial charge in [-0.05, 0) is 25.5 Å². The van der Waals surface area contributed by atoms with E-state index in [1.165, 1.54) is 51.4 Å². The lowest BCUT2D eigenvalue weighted by molar-refractivity contribution is 0.0802. The molecule has 0 spiro atoms. The normalized spacial score (nSPS) is 11.4. The smallest absolute Gasteiger partial charge is 0.290 e. The van der Waals surface area contributed by atoms with Crippen LogP contribution in [0.25, 0.3) is 0 Å². The lowest BCUT2D eigenvalue weighted by Gasteiger charge is -2.27. The predicted molar refractivity (Wildman–Crippen MR) is 138 cm³/mol. The van der Waals surface area contributed by atoms with Crippen molar-refractivity contribution in [2.45, 2.75) is 96.9 Å². The third kappa shape index (κ3) is 8.71. The SMILES string of the molecule is CCCCCCCCCCCCc1nnn(C(=O)C(C)(C)Nc2c(OC)cc(OC)cc2OC)n1. The molecule has 0 aliphatic carbocycles. The van der Waals surface area contributed by atoms with Gasteiger partial charge in [0.05, 0.1) is 21.3 Å². The number of nitrogens with one attached hydrogen (secondary N) is 1. The summed E-state index contributed by atoms with van der Waals surface area (Å²) in [5.74, 6) is 1.83. The van der Waals surface area contributed by atoms with Crippen LogP contribution < -0.4 is 19.5 Å². The minimum Gasteiger partial charge on any atom is -0.496 e. The van der Waals surface area contributed by atoms with Crippen LogP contribution in [-0.2, 0) is 6.42 Å². The fraction of sp³-hybridized carbons (Fsp3) is 0.692. The van der Waals surface area contributed by atoms with E-state index in [2.05, 4.69) is 27.7 Å². The molecular formula is C26H43N5O4. The van der Waals surface area contributed by atoms with Crippen LogP contribution in [0.3, 0.4) is 0 Å². The molecule has 196 valence electrons. The van der Waals surface area contributed by atoms with Crippen molar-refractivity contribution in [1.82, 2.24) is 20.2 Å². The Balaban J connectivity index is 1.88. The van der Waals surface area contributed by atoms with Crippen LogP contribution in [0.5, 0.6) is 17.2 Å². The molecule has 0 saturated heterocycles. The molecule has 0 amide bonds. The molecule has 1 aromatic carbocycles. The first kappa shape index (κ1) is 28.4. The quantitative estimate of drug-likeness (QED) is 0.283. The van der Waals surface area contributed by atoms with Crippen LogP contribution in [0.15, 0.2) is 12.1 Å². The van der Waals surface area contributed by atoms with E-state index in [-0.39, 0.29) is 5.91 Å². The molecule has 9 nitrogen and oxygen atoms in total. The monoisotopic (exact) mass is 489 g/mol. The number of tetrazole rings is 1. The minimum atomic E-state index is -1.05. The summed E-state index contributed by atoms with van der Waals surface area (Å²) in [5, 5.41) is 15.6. The molecular weight excluding hydrogens is 446 g/mol. The van der Waals surface area contributed by atoms with Crippen molar-refractivity contribution in [3.05, 3.63) is 18.0 Å². The third-order valence-electron chi connectivity index (χ3n) is 6.08. The number of unbranched alkanes of at least 4 members (excludes halogenated alkanes) is 9. The number of carbonyl (C=O) groups is 1. The summed E-state index contributed by atoms with van der Waals surface area (Å²) >= 11 is 0. The molecule has 0 atom stereocenters. The van der Waals surface area contributed by atoms with E-state index < -0.39 is 5.54 Å². The summed E-state index contributed by atoms with van der Waals surface area (Å²) in [4.78, 5) is 14.2. The first-order valence-electron chi connectivity index (χ1n) is 12.8. The van der Waals surface area contributed by atoms with E-state index in [0.29, 0.717) is 28.8 Å². The number of hydrogen-bond acceptors (Lipinski definition) is 8. The molecule has 9 heteroatoms. The Morgan fingerprint density at radius 1 is 0.886 bits per heavy atom. The van der Waals surface area contributed by atoms with E-state index in [0.717, 1.165) is 24.1 Å². The highest BCUT2D eigenvalue weighted by Crippen LogP contribution is 2.40. The summed E-state index contributed by atoms with van der Waals surface area (Å²) in [6.45, 7) is 5.76. The van der Waals surface area contributed by atoms with Crippen LogP contribution >= 0.6 is 0 Å². The van der Waals surface area contributed by atoms with Crippen LogP contribution in [-0.4, -0.2) is 53.0 Å². The number of aromatic nitrogens is 4. The third-order valence-corrected chi connectivity index (χ3v) is 6.08. The second-order valence-corrected chi connectivity index (χ2v) is 9.39. The molecule has 2 aromatic rings. The lowest BCUT2D eigenvalue weighted by Crippen LogP contribution is -2.44. The fourth-order valence-electron chi connectivity index (χ4n) is 3.94. The maximum atomic E-state index is 13.2. The molecule has 0 saturated carbocycles. The summed E-state index contributed by atoms with van der Waals surface area (Å²) in [6, 6.07) is 3.45. The van der Waals surface area contributed by atoms with Gasteiger partial charge in [-0.1, -0.05) is 69.5 Å². The zero-order valence-corrected chi connectivity index (χ0v) is 22.4.